The second-order valence-corrected chi connectivity index (χ2v) is 4.12. The molecule has 1 N–H and O–H groups in total. The highest BCUT2D eigenvalue weighted by Gasteiger charge is 2.12. The van der Waals surface area contributed by atoms with Gasteiger partial charge in [0.25, 0.3) is 5.56 Å². The minimum atomic E-state index is -0.585. The summed E-state index contributed by atoms with van der Waals surface area (Å²) in [5, 5.41) is 10.2. The Kier molecular flexibility index (Phi) is 4.36. The Morgan fingerprint density at radius 3 is 3.05 bits per heavy atom. The molecule has 0 bridgehead atoms. The van der Waals surface area contributed by atoms with Crippen molar-refractivity contribution < 1.29 is 14.1 Å². The number of methoxy groups -OCH3 is 1. The Hall–Kier alpha value is -2.35. The lowest BCUT2D eigenvalue weighted by atomic mass is 10.4. The van der Waals surface area contributed by atoms with E-state index in [0.717, 1.165) is 4.68 Å². The molecule has 106 valence electrons. The summed E-state index contributed by atoms with van der Waals surface area (Å²) < 4.78 is 10.3. The second-order valence-electron chi connectivity index (χ2n) is 3.74. The Morgan fingerprint density at radius 1 is 1.60 bits per heavy atom. The van der Waals surface area contributed by atoms with Crippen LogP contribution in [0.4, 0.5) is 5.69 Å². The van der Waals surface area contributed by atoms with Gasteiger partial charge in [-0.15, -0.1) is 0 Å². The predicted octanol–water partition coefficient (Wildman–Crippen LogP) is 0.670. The van der Waals surface area contributed by atoms with Gasteiger partial charge in [-0.2, -0.15) is 5.10 Å². The smallest absolute Gasteiger partial charge is 0.327 e. The number of esters is 1. The van der Waals surface area contributed by atoms with Crippen LogP contribution in [0.1, 0.15) is 5.76 Å². The minimum absolute atomic E-state index is 0.0663. The second kappa shape index (κ2) is 6.20. The molecule has 2 aromatic heterocycles. The van der Waals surface area contributed by atoms with Crippen molar-refractivity contribution in [2.75, 3.05) is 12.4 Å². The quantitative estimate of drug-likeness (QED) is 0.810. The molecule has 9 heteroatoms. The fourth-order valence-corrected chi connectivity index (χ4v) is 1.62. The molecule has 0 amide bonds. The summed E-state index contributed by atoms with van der Waals surface area (Å²) in [4.78, 5) is 23.0. The molecule has 2 heterocycles. The van der Waals surface area contributed by atoms with E-state index in [2.05, 4.69) is 20.3 Å². The number of nitrogens with one attached hydrogen (secondary N) is 1. The first-order valence-electron chi connectivity index (χ1n) is 5.57. The Morgan fingerprint density at radius 2 is 2.40 bits per heavy atom. The van der Waals surface area contributed by atoms with E-state index in [1.54, 1.807) is 6.07 Å². The molecule has 0 aliphatic carbocycles. The van der Waals surface area contributed by atoms with Crippen LogP contribution in [0.2, 0.25) is 5.02 Å². The summed E-state index contributed by atoms with van der Waals surface area (Å²) in [7, 11) is 1.22. The van der Waals surface area contributed by atoms with E-state index in [1.807, 2.05) is 0 Å². The van der Waals surface area contributed by atoms with Crippen LogP contribution in [0.5, 0.6) is 0 Å². The molecule has 0 aliphatic rings. The molecule has 0 fully saturated rings. The first kappa shape index (κ1) is 14.1. The Bertz CT molecular complexity index is 653. The average Bonchev–Trinajstić information content (AvgIpc) is 2.96. The molecular formula is C11H11ClN4O4. The van der Waals surface area contributed by atoms with E-state index in [9.17, 15) is 9.59 Å². The maximum atomic E-state index is 11.9. The lowest BCUT2D eigenvalue weighted by Gasteiger charge is -2.08. The van der Waals surface area contributed by atoms with Gasteiger partial charge in [-0.05, 0) is 0 Å². The number of anilines is 1. The lowest BCUT2D eigenvalue weighted by molar-refractivity contribution is -0.141. The van der Waals surface area contributed by atoms with Crippen molar-refractivity contribution in [2.45, 2.75) is 13.1 Å². The monoisotopic (exact) mass is 298 g/mol. The zero-order valence-corrected chi connectivity index (χ0v) is 11.3. The zero-order chi connectivity index (χ0) is 14.5. The number of carbonyl (C=O) groups excluding carboxylic acids is 1. The zero-order valence-electron chi connectivity index (χ0n) is 10.5. The Labute approximate surface area is 118 Å². The number of ether oxygens (including phenoxy) is 1. The SMILES string of the molecule is COC(=O)Cn1ncc(NCc2ccno2)c(Cl)c1=O. The van der Waals surface area contributed by atoms with Crippen LogP contribution in [-0.2, 0) is 22.6 Å². The number of hydrogen-bond acceptors (Lipinski definition) is 7. The highest BCUT2D eigenvalue weighted by atomic mass is 35.5. The molecule has 0 radical (unpaired) electrons. The van der Waals surface area contributed by atoms with Crippen molar-refractivity contribution >= 4 is 23.3 Å². The summed E-state index contributed by atoms with van der Waals surface area (Å²) in [5.41, 5.74) is -0.242. The van der Waals surface area contributed by atoms with Gasteiger partial charge in [-0.1, -0.05) is 16.8 Å². The number of hydrogen-bond donors (Lipinski definition) is 1. The third-order valence-corrected chi connectivity index (χ3v) is 2.80. The number of carbonyl (C=O) groups is 1. The van der Waals surface area contributed by atoms with Gasteiger partial charge in [0.05, 0.1) is 31.7 Å². The molecule has 0 atom stereocenters. The topological polar surface area (TPSA) is 99.2 Å². The van der Waals surface area contributed by atoms with Crippen LogP contribution in [-0.4, -0.2) is 28.0 Å². The van der Waals surface area contributed by atoms with Gasteiger partial charge in [0.1, 0.15) is 11.6 Å². The van der Waals surface area contributed by atoms with Gasteiger partial charge in [-0.3, -0.25) is 9.59 Å². The highest BCUT2D eigenvalue weighted by molar-refractivity contribution is 6.32. The molecule has 0 saturated heterocycles. The van der Waals surface area contributed by atoms with Crippen molar-refractivity contribution in [3.05, 3.63) is 39.6 Å². The van der Waals surface area contributed by atoms with Crippen LogP contribution < -0.4 is 10.9 Å². The molecule has 20 heavy (non-hydrogen) atoms. The first-order chi connectivity index (χ1) is 9.61. The van der Waals surface area contributed by atoms with Gasteiger partial charge < -0.3 is 14.6 Å². The van der Waals surface area contributed by atoms with Crippen LogP contribution in [0.3, 0.4) is 0 Å². The van der Waals surface area contributed by atoms with Gasteiger partial charge >= 0.3 is 5.97 Å². The molecule has 0 aliphatic heterocycles. The molecule has 2 aromatic rings. The maximum absolute atomic E-state index is 11.9. The highest BCUT2D eigenvalue weighted by Crippen LogP contribution is 2.16. The average molecular weight is 299 g/mol. The summed E-state index contributed by atoms with van der Waals surface area (Å²) in [5.74, 6) is -0.00200. The predicted molar refractivity (Wildman–Crippen MR) is 69.4 cm³/mol. The summed E-state index contributed by atoms with van der Waals surface area (Å²) in [6.07, 6.45) is 2.86. The van der Waals surface area contributed by atoms with Crippen molar-refractivity contribution in [3.63, 3.8) is 0 Å². The van der Waals surface area contributed by atoms with Crippen molar-refractivity contribution in [1.29, 1.82) is 0 Å². The third-order valence-electron chi connectivity index (χ3n) is 2.44. The van der Waals surface area contributed by atoms with Crippen LogP contribution in [0.25, 0.3) is 0 Å². The van der Waals surface area contributed by atoms with E-state index in [-0.39, 0.29) is 11.6 Å². The van der Waals surface area contributed by atoms with E-state index >= 15 is 0 Å². The molecule has 0 spiro atoms. The van der Waals surface area contributed by atoms with Gasteiger partial charge in [0.2, 0.25) is 0 Å². The summed E-state index contributed by atoms with van der Waals surface area (Å²) in [6, 6.07) is 1.67. The fourth-order valence-electron chi connectivity index (χ4n) is 1.40. The first-order valence-corrected chi connectivity index (χ1v) is 5.95. The largest absolute Gasteiger partial charge is 0.468 e. The normalized spacial score (nSPS) is 10.3. The lowest BCUT2D eigenvalue weighted by Crippen LogP contribution is -2.28. The van der Waals surface area contributed by atoms with Crippen molar-refractivity contribution in [3.8, 4) is 0 Å². The molecule has 2 rings (SSSR count). The number of aromatic nitrogens is 3. The van der Waals surface area contributed by atoms with E-state index in [0.29, 0.717) is 18.0 Å². The molecular weight excluding hydrogens is 288 g/mol. The van der Waals surface area contributed by atoms with Gasteiger partial charge in [0.15, 0.2) is 5.76 Å². The third kappa shape index (κ3) is 3.15. The summed E-state index contributed by atoms with van der Waals surface area (Å²) >= 11 is 5.93. The molecule has 0 saturated carbocycles. The Balaban J connectivity index is 2.14. The van der Waals surface area contributed by atoms with Crippen molar-refractivity contribution in [2.24, 2.45) is 0 Å². The fraction of sp³-hybridized carbons (Fsp3) is 0.273. The van der Waals surface area contributed by atoms with Gasteiger partial charge in [-0.25, -0.2) is 4.68 Å². The molecule has 8 nitrogen and oxygen atoms in total. The van der Waals surface area contributed by atoms with Crippen LogP contribution >= 0.6 is 11.6 Å². The standard InChI is InChI=1S/C11H11ClN4O4/c1-19-9(17)6-16-11(18)10(12)8(5-14-16)13-4-7-2-3-15-20-7/h2-3,5,13H,4,6H2,1H3. The van der Waals surface area contributed by atoms with Gasteiger partial charge in [0, 0.05) is 6.07 Å². The van der Waals surface area contributed by atoms with E-state index in [1.165, 1.54) is 19.5 Å². The minimum Gasteiger partial charge on any atom is -0.468 e. The van der Waals surface area contributed by atoms with E-state index in [4.69, 9.17) is 16.1 Å². The summed E-state index contributed by atoms with van der Waals surface area (Å²) in [6.45, 7) is 0.0132. The molecule has 0 aromatic carbocycles. The van der Waals surface area contributed by atoms with Crippen molar-refractivity contribution in [1.82, 2.24) is 14.9 Å². The maximum Gasteiger partial charge on any atom is 0.327 e. The number of halogens is 1. The van der Waals surface area contributed by atoms with E-state index < -0.39 is 11.5 Å². The number of rotatable bonds is 5. The van der Waals surface area contributed by atoms with Crippen LogP contribution in [0, 0.1) is 0 Å². The number of nitrogens with zero attached hydrogens (tertiary/aromatic N) is 3. The molecule has 0 unspecified atom stereocenters. The van der Waals surface area contributed by atoms with Crippen LogP contribution in [0.15, 0.2) is 27.8 Å².